The lowest BCUT2D eigenvalue weighted by molar-refractivity contribution is 0.102. The molecule has 1 aromatic heterocycles. The quantitative estimate of drug-likeness (QED) is 0.928. The number of ether oxygens (including phenoxy) is 1. The monoisotopic (exact) mass is 274 g/mol. The fourth-order valence-electron chi connectivity index (χ4n) is 1.93. The predicted octanol–water partition coefficient (Wildman–Crippen LogP) is 3.37. The van der Waals surface area contributed by atoms with E-state index < -0.39 is 0 Å². The van der Waals surface area contributed by atoms with Gasteiger partial charge < -0.3 is 14.6 Å². The molecule has 0 saturated carbocycles. The Bertz CT molecular complexity index is 600. The molecule has 1 N–H and O–H groups in total. The lowest BCUT2D eigenvalue weighted by Gasteiger charge is -2.07. The molecule has 2 rings (SSSR count). The van der Waals surface area contributed by atoms with E-state index in [1.807, 2.05) is 13.8 Å². The van der Waals surface area contributed by atoms with E-state index in [2.05, 4.69) is 10.5 Å². The molecule has 0 aliphatic rings. The number of benzene rings is 1. The smallest absolute Gasteiger partial charge is 0.261 e. The number of hydrogen-bond acceptors (Lipinski definition) is 4. The largest absolute Gasteiger partial charge is 0.497 e. The predicted molar refractivity (Wildman–Crippen MR) is 76.3 cm³/mol. The van der Waals surface area contributed by atoms with Crippen molar-refractivity contribution in [3.63, 3.8) is 0 Å². The topological polar surface area (TPSA) is 64.4 Å². The van der Waals surface area contributed by atoms with Crippen molar-refractivity contribution < 1.29 is 14.1 Å². The van der Waals surface area contributed by atoms with E-state index in [1.54, 1.807) is 38.3 Å². The van der Waals surface area contributed by atoms with Crippen molar-refractivity contribution in [3.05, 3.63) is 41.3 Å². The molecule has 1 amide bonds. The minimum atomic E-state index is -0.211. The molecule has 0 saturated heterocycles. The van der Waals surface area contributed by atoms with Gasteiger partial charge in [-0.3, -0.25) is 4.79 Å². The molecule has 106 valence electrons. The van der Waals surface area contributed by atoms with Crippen LogP contribution in [-0.2, 0) is 0 Å². The van der Waals surface area contributed by atoms with Crippen molar-refractivity contribution in [2.75, 3.05) is 12.4 Å². The van der Waals surface area contributed by atoms with Crippen molar-refractivity contribution >= 4 is 11.6 Å². The molecule has 5 heteroatoms. The summed E-state index contributed by atoms with van der Waals surface area (Å²) in [6.07, 6.45) is 0. The maximum absolute atomic E-state index is 12.3. The van der Waals surface area contributed by atoms with Crippen molar-refractivity contribution in [1.82, 2.24) is 5.16 Å². The van der Waals surface area contributed by atoms with Gasteiger partial charge in [0.2, 0.25) is 0 Å². The average Bonchev–Trinajstić information content (AvgIpc) is 2.81. The molecule has 1 aromatic carbocycles. The van der Waals surface area contributed by atoms with E-state index in [0.29, 0.717) is 22.7 Å². The Kier molecular flexibility index (Phi) is 4.08. The van der Waals surface area contributed by atoms with Crippen LogP contribution in [0.15, 0.2) is 28.8 Å². The second-order valence-electron chi connectivity index (χ2n) is 4.84. The number of amides is 1. The summed E-state index contributed by atoms with van der Waals surface area (Å²) in [5, 5.41) is 6.71. The van der Waals surface area contributed by atoms with Crippen LogP contribution in [0.1, 0.15) is 41.6 Å². The van der Waals surface area contributed by atoms with Gasteiger partial charge in [-0.2, -0.15) is 0 Å². The van der Waals surface area contributed by atoms with E-state index in [1.165, 1.54) is 0 Å². The van der Waals surface area contributed by atoms with Gasteiger partial charge in [0, 0.05) is 11.6 Å². The van der Waals surface area contributed by atoms with Gasteiger partial charge in [0.05, 0.1) is 12.8 Å². The minimum absolute atomic E-state index is 0.104. The highest BCUT2D eigenvalue weighted by atomic mass is 16.5. The molecule has 1 heterocycles. The molecule has 2 aromatic rings. The number of aryl methyl sites for hydroxylation is 1. The summed E-state index contributed by atoms with van der Waals surface area (Å²) in [5.74, 6) is 1.24. The first-order valence-corrected chi connectivity index (χ1v) is 6.44. The summed E-state index contributed by atoms with van der Waals surface area (Å²) < 4.78 is 10.3. The molecule has 0 aliphatic carbocycles. The first kappa shape index (κ1) is 14.1. The van der Waals surface area contributed by atoms with Gasteiger partial charge in [0.25, 0.3) is 5.91 Å². The number of carbonyl (C=O) groups is 1. The first-order valence-electron chi connectivity index (χ1n) is 6.44. The number of methoxy groups -OCH3 is 1. The van der Waals surface area contributed by atoms with E-state index >= 15 is 0 Å². The van der Waals surface area contributed by atoms with E-state index in [0.717, 1.165) is 5.75 Å². The van der Waals surface area contributed by atoms with Crippen LogP contribution in [0.3, 0.4) is 0 Å². The zero-order chi connectivity index (χ0) is 14.7. The minimum Gasteiger partial charge on any atom is -0.497 e. The molecule has 0 fully saturated rings. The third-order valence-corrected chi connectivity index (χ3v) is 2.99. The number of nitrogens with one attached hydrogen (secondary N) is 1. The van der Waals surface area contributed by atoms with Crippen LogP contribution in [0.4, 0.5) is 5.69 Å². The molecule has 0 spiro atoms. The summed E-state index contributed by atoms with van der Waals surface area (Å²) in [7, 11) is 1.60. The lowest BCUT2D eigenvalue weighted by atomic mass is 10.0. The van der Waals surface area contributed by atoms with Gasteiger partial charge in [-0.05, 0) is 31.2 Å². The number of nitrogens with zero attached hydrogens (tertiary/aromatic N) is 1. The van der Waals surface area contributed by atoms with Gasteiger partial charge in [-0.25, -0.2) is 0 Å². The Labute approximate surface area is 117 Å². The highest BCUT2D eigenvalue weighted by Gasteiger charge is 2.22. The van der Waals surface area contributed by atoms with Crippen LogP contribution in [0.25, 0.3) is 0 Å². The molecule has 5 nitrogen and oxygen atoms in total. The highest BCUT2D eigenvalue weighted by molar-refractivity contribution is 6.05. The van der Waals surface area contributed by atoms with Crippen LogP contribution in [0, 0.1) is 6.92 Å². The Morgan fingerprint density at radius 1 is 1.30 bits per heavy atom. The maximum Gasteiger partial charge on any atom is 0.261 e. The van der Waals surface area contributed by atoms with Gasteiger partial charge in [-0.15, -0.1) is 0 Å². The zero-order valence-corrected chi connectivity index (χ0v) is 12.1. The van der Waals surface area contributed by atoms with Crippen LogP contribution in [0.5, 0.6) is 5.75 Å². The third kappa shape index (κ3) is 2.82. The van der Waals surface area contributed by atoms with Crippen LogP contribution in [0.2, 0.25) is 0 Å². The zero-order valence-electron chi connectivity index (χ0n) is 12.1. The van der Waals surface area contributed by atoms with Crippen molar-refractivity contribution in [3.8, 4) is 5.75 Å². The van der Waals surface area contributed by atoms with Gasteiger partial charge in [-0.1, -0.05) is 19.0 Å². The molecule has 0 aliphatic heterocycles. The fourth-order valence-corrected chi connectivity index (χ4v) is 1.93. The third-order valence-electron chi connectivity index (χ3n) is 2.99. The second kappa shape index (κ2) is 5.77. The Morgan fingerprint density at radius 3 is 2.50 bits per heavy atom. The summed E-state index contributed by atoms with van der Waals surface area (Å²) in [5.41, 5.74) is 1.81. The lowest BCUT2D eigenvalue weighted by Crippen LogP contribution is -2.14. The molecule has 20 heavy (non-hydrogen) atoms. The number of hydrogen-bond donors (Lipinski definition) is 1. The van der Waals surface area contributed by atoms with Crippen LogP contribution < -0.4 is 10.1 Å². The Hall–Kier alpha value is -2.30. The van der Waals surface area contributed by atoms with Gasteiger partial charge in [0.1, 0.15) is 11.3 Å². The Balaban J connectivity index is 2.21. The number of rotatable bonds is 4. The standard InChI is InChI=1S/C15H18N2O3/c1-9(2)14-13(10(3)17-20-14)15(18)16-11-5-7-12(19-4)8-6-11/h5-9H,1-4H3,(H,16,18). The summed E-state index contributed by atoms with van der Waals surface area (Å²) in [4.78, 5) is 12.3. The summed E-state index contributed by atoms with van der Waals surface area (Å²) >= 11 is 0. The highest BCUT2D eigenvalue weighted by Crippen LogP contribution is 2.23. The molecule has 0 atom stereocenters. The second-order valence-corrected chi connectivity index (χ2v) is 4.84. The molecular formula is C15H18N2O3. The van der Waals surface area contributed by atoms with Crippen molar-refractivity contribution in [2.24, 2.45) is 0 Å². The average molecular weight is 274 g/mol. The Morgan fingerprint density at radius 2 is 1.95 bits per heavy atom. The van der Waals surface area contributed by atoms with E-state index in [-0.39, 0.29) is 11.8 Å². The normalized spacial score (nSPS) is 10.7. The molecular weight excluding hydrogens is 256 g/mol. The first-order chi connectivity index (χ1) is 9.52. The molecule has 0 unspecified atom stereocenters. The SMILES string of the molecule is COc1ccc(NC(=O)c2c(C)noc2C(C)C)cc1. The van der Waals surface area contributed by atoms with E-state index in [9.17, 15) is 4.79 Å². The van der Waals surface area contributed by atoms with Crippen molar-refractivity contribution in [1.29, 1.82) is 0 Å². The maximum atomic E-state index is 12.3. The number of anilines is 1. The summed E-state index contributed by atoms with van der Waals surface area (Å²) in [6, 6.07) is 7.15. The van der Waals surface area contributed by atoms with Crippen LogP contribution in [-0.4, -0.2) is 18.2 Å². The number of carbonyl (C=O) groups excluding carboxylic acids is 1. The number of aromatic nitrogens is 1. The summed E-state index contributed by atoms with van der Waals surface area (Å²) in [6.45, 7) is 5.69. The fraction of sp³-hybridized carbons (Fsp3) is 0.333. The molecule has 0 bridgehead atoms. The van der Waals surface area contributed by atoms with Crippen molar-refractivity contribution in [2.45, 2.75) is 26.7 Å². The molecule has 0 radical (unpaired) electrons. The van der Waals surface area contributed by atoms with E-state index in [4.69, 9.17) is 9.26 Å². The van der Waals surface area contributed by atoms with Crippen LogP contribution >= 0.6 is 0 Å². The van der Waals surface area contributed by atoms with Gasteiger partial charge >= 0.3 is 0 Å². The van der Waals surface area contributed by atoms with Gasteiger partial charge in [0.15, 0.2) is 5.76 Å².